The number of ether oxygens (including phenoxy) is 1. The van der Waals surface area contributed by atoms with Crippen LogP contribution in [0.5, 0.6) is 0 Å². The summed E-state index contributed by atoms with van der Waals surface area (Å²) >= 11 is 1.27. The highest BCUT2D eigenvalue weighted by atomic mass is 32.1. The lowest BCUT2D eigenvalue weighted by Gasteiger charge is -2.03. The van der Waals surface area contributed by atoms with Crippen LogP contribution in [0.2, 0.25) is 0 Å². The largest absolute Gasteiger partial charge is 0.461 e. The van der Waals surface area contributed by atoms with Crippen LogP contribution < -0.4 is 5.32 Å². The maximum absolute atomic E-state index is 13.2. The van der Waals surface area contributed by atoms with Gasteiger partial charge in [-0.05, 0) is 37.1 Å². The third kappa shape index (κ3) is 4.99. The van der Waals surface area contributed by atoms with Crippen LogP contribution in [-0.4, -0.2) is 23.5 Å². The van der Waals surface area contributed by atoms with Crippen molar-refractivity contribution in [3.05, 3.63) is 57.8 Å². The molecule has 0 aliphatic heterocycles. The summed E-state index contributed by atoms with van der Waals surface area (Å²) in [6.45, 7) is 3.94. The summed E-state index contributed by atoms with van der Waals surface area (Å²) in [5.74, 6) is -1.15. The molecular weight excluding hydrogens is 331 g/mol. The number of aromatic nitrogens is 1. The first kappa shape index (κ1) is 17.8. The van der Waals surface area contributed by atoms with Gasteiger partial charge in [0.25, 0.3) is 0 Å². The number of halogens is 1. The number of benzene rings is 1. The predicted molar refractivity (Wildman–Crippen MR) is 90.0 cm³/mol. The molecule has 2 aromatic rings. The Balaban J connectivity index is 1.93. The molecule has 5 nitrogen and oxygen atoms in total. The lowest BCUT2D eigenvalue weighted by molar-refractivity contribution is -0.116. The third-order valence-corrected chi connectivity index (χ3v) is 3.93. The highest BCUT2D eigenvalue weighted by molar-refractivity contribution is 7.09. The Morgan fingerprint density at radius 3 is 2.92 bits per heavy atom. The molecule has 126 valence electrons. The smallest absolute Gasteiger partial charge is 0.357 e. The van der Waals surface area contributed by atoms with E-state index in [-0.39, 0.29) is 30.6 Å². The molecule has 0 spiro atoms. The van der Waals surface area contributed by atoms with Crippen molar-refractivity contribution in [2.24, 2.45) is 0 Å². The van der Waals surface area contributed by atoms with Crippen molar-refractivity contribution in [1.29, 1.82) is 0 Å². The highest BCUT2D eigenvalue weighted by Crippen LogP contribution is 2.15. The Morgan fingerprint density at radius 2 is 2.21 bits per heavy atom. The van der Waals surface area contributed by atoms with Crippen molar-refractivity contribution < 1.29 is 18.7 Å². The summed E-state index contributed by atoms with van der Waals surface area (Å²) in [5, 5.41) is 4.88. The Kier molecular flexibility index (Phi) is 6.20. The number of carbonyl (C=O) groups excluding carboxylic acids is 2. The summed E-state index contributed by atoms with van der Waals surface area (Å²) in [6, 6.07) is 6.03. The van der Waals surface area contributed by atoms with E-state index in [1.807, 2.05) is 0 Å². The number of amides is 1. The van der Waals surface area contributed by atoms with Crippen molar-refractivity contribution in [2.75, 3.05) is 6.61 Å². The molecule has 1 aromatic carbocycles. The first-order valence-electron chi connectivity index (χ1n) is 7.33. The minimum Gasteiger partial charge on any atom is -0.461 e. The number of nitrogens with zero attached hydrogens (tertiary/aromatic N) is 1. The van der Waals surface area contributed by atoms with Gasteiger partial charge in [0.1, 0.15) is 10.8 Å². The van der Waals surface area contributed by atoms with Crippen LogP contribution in [0.25, 0.3) is 5.57 Å². The third-order valence-electron chi connectivity index (χ3n) is 3.08. The molecule has 1 N–H and O–H groups in total. The molecular formula is C17H17FN2O3S. The van der Waals surface area contributed by atoms with Gasteiger partial charge in [0.15, 0.2) is 5.69 Å². The number of esters is 1. The Bertz CT molecular complexity index is 771. The quantitative estimate of drug-likeness (QED) is 0.643. The van der Waals surface area contributed by atoms with E-state index in [1.165, 1.54) is 29.5 Å². The normalized spacial score (nSPS) is 11.2. The van der Waals surface area contributed by atoms with Gasteiger partial charge >= 0.3 is 5.97 Å². The molecule has 0 aliphatic rings. The number of nitrogens with one attached hydrogen (secondary N) is 1. The van der Waals surface area contributed by atoms with E-state index < -0.39 is 5.97 Å². The van der Waals surface area contributed by atoms with Crippen LogP contribution in [0.3, 0.4) is 0 Å². The van der Waals surface area contributed by atoms with E-state index in [9.17, 15) is 14.0 Å². The molecule has 0 unspecified atom stereocenters. The van der Waals surface area contributed by atoms with Crippen molar-refractivity contribution in [3.8, 4) is 0 Å². The van der Waals surface area contributed by atoms with Crippen molar-refractivity contribution in [3.63, 3.8) is 0 Å². The zero-order valence-corrected chi connectivity index (χ0v) is 14.2. The van der Waals surface area contributed by atoms with E-state index >= 15 is 0 Å². The number of rotatable bonds is 6. The molecule has 7 heteroatoms. The minimum absolute atomic E-state index is 0.204. The minimum atomic E-state index is -0.479. The van der Waals surface area contributed by atoms with Gasteiger partial charge in [-0.1, -0.05) is 12.1 Å². The van der Waals surface area contributed by atoms with Crippen LogP contribution in [0.1, 0.15) is 34.9 Å². The average molecular weight is 348 g/mol. The van der Waals surface area contributed by atoms with Crippen LogP contribution in [-0.2, 0) is 16.1 Å². The molecule has 1 heterocycles. The Labute approximate surface area is 143 Å². The molecule has 0 radical (unpaired) electrons. The van der Waals surface area contributed by atoms with Crippen LogP contribution in [0.4, 0.5) is 4.39 Å². The van der Waals surface area contributed by atoms with Crippen LogP contribution >= 0.6 is 11.3 Å². The van der Waals surface area contributed by atoms with Crippen LogP contribution in [0.15, 0.2) is 35.7 Å². The lowest BCUT2D eigenvalue weighted by atomic mass is 10.1. The summed E-state index contributed by atoms with van der Waals surface area (Å²) in [4.78, 5) is 27.6. The van der Waals surface area contributed by atoms with Gasteiger partial charge in [-0.2, -0.15) is 0 Å². The number of thiazole rings is 1. The fourth-order valence-corrected chi connectivity index (χ4v) is 2.62. The zero-order valence-electron chi connectivity index (χ0n) is 13.3. The molecule has 0 bridgehead atoms. The molecule has 0 aliphatic carbocycles. The molecule has 1 aromatic heterocycles. The highest BCUT2D eigenvalue weighted by Gasteiger charge is 2.11. The number of hydrogen-bond donors (Lipinski definition) is 1. The summed E-state index contributed by atoms with van der Waals surface area (Å²) in [6.07, 6.45) is 1.40. The monoisotopic (exact) mass is 348 g/mol. The topological polar surface area (TPSA) is 68.3 Å². The van der Waals surface area contributed by atoms with E-state index in [1.54, 1.807) is 31.4 Å². The van der Waals surface area contributed by atoms with Gasteiger partial charge in [-0.15, -0.1) is 11.3 Å². The van der Waals surface area contributed by atoms with Gasteiger partial charge in [0.05, 0.1) is 13.2 Å². The molecule has 0 atom stereocenters. The van der Waals surface area contributed by atoms with Crippen molar-refractivity contribution >= 4 is 28.8 Å². The molecule has 0 fully saturated rings. The van der Waals surface area contributed by atoms with Gasteiger partial charge in [0, 0.05) is 11.5 Å². The molecule has 0 saturated heterocycles. The average Bonchev–Trinajstić information content (AvgIpc) is 3.02. The van der Waals surface area contributed by atoms with E-state index in [0.29, 0.717) is 16.1 Å². The Morgan fingerprint density at radius 1 is 1.42 bits per heavy atom. The van der Waals surface area contributed by atoms with Gasteiger partial charge in [-0.25, -0.2) is 14.2 Å². The maximum atomic E-state index is 13.2. The van der Waals surface area contributed by atoms with Gasteiger partial charge in [0.2, 0.25) is 5.91 Å². The Hall–Kier alpha value is -2.54. The number of hydrogen-bond acceptors (Lipinski definition) is 5. The molecule has 0 saturated carbocycles. The standard InChI is InChI=1S/C17H17FN2O3S/c1-3-23-17(22)14-10-24-16(20-14)9-19-15(21)7-11(2)12-5-4-6-13(18)8-12/h4-8,10H,3,9H2,1-2H3,(H,19,21)/b11-7-. The predicted octanol–water partition coefficient (Wildman–Crippen LogP) is 3.18. The summed E-state index contributed by atoms with van der Waals surface area (Å²) < 4.78 is 18.0. The molecule has 2 rings (SSSR count). The van der Waals surface area contributed by atoms with Crippen LogP contribution in [0, 0.1) is 5.82 Å². The van der Waals surface area contributed by atoms with Gasteiger partial charge < -0.3 is 10.1 Å². The summed E-state index contributed by atoms with van der Waals surface area (Å²) in [7, 11) is 0. The fourth-order valence-electron chi connectivity index (χ4n) is 1.92. The van der Waals surface area contributed by atoms with Crippen molar-refractivity contribution in [1.82, 2.24) is 10.3 Å². The second kappa shape index (κ2) is 8.35. The first-order valence-corrected chi connectivity index (χ1v) is 8.21. The summed E-state index contributed by atoms with van der Waals surface area (Å²) in [5.41, 5.74) is 1.53. The SMILES string of the molecule is CCOC(=O)c1csc(CNC(=O)/C=C(/C)c2cccc(F)c2)n1. The second-order valence-corrected chi connectivity index (χ2v) is 5.85. The first-order chi connectivity index (χ1) is 11.5. The van der Waals surface area contributed by atoms with Gasteiger partial charge in [-0.3, -0.25) is 4.79 Å². The second-order valence-electron chi connectivity index (χ2n) is 4.90. The zero-order chi connectivity index (χ0) is 17.5. The molecule has 1 amide bonds. The number of carbonyl (C=O) groups is 2. The van der Waals surface area contributed by atoms with Crippen molar-refractivity contribution in [2.45, 2.75) is 20.4 Å². The molecule has 24 heavy (non-hydrogen) atoms. The lowest BCUT2D eigenvalue weighted by Crippen LogP contribution is -2.20. The number of allylic oxidation sites excluding steroid dienone is 1. The van der Waals surface area contributed by atoms with E-state index in [0.717, 1.165) is 0 Å². The van der Waals surface area contributed by atoms with E-state index in [2.05, 4.69) is 10.3 Å². The fraction of sp³-hybridized carbons (Fsp3) is 0.235. The maximum Gasteiger partial charge on any atom is 0.357 e. The van der Waals surface area contributed by atoms with E-state index in [4.69, 9.17) is 4.74 Å².